The molecule has 188 valence electrons. The summed E-state index contributed by atoms with van der Waals surface area (Å²) in [5.41, 5.74) is 3.86. The summed E-state index contributed by atoms with van der Waals surface area (Å²) in [7, 11) is 0. The first-order valence-corrected chi connectivity index (χ1v) is 12.2. The zero-order valence-electron chi connectivity index (χ0n) is 20.3. The lowest BCUT2D eigenvalue weighted by molar-refractivity contribution is 0.102. The Hall–Kier alpha value is -2.74. The number of carbonyl (C=O) groups excluding carboxylic acids is 1. The fraction of sp³-hybridized carbons (Fsp3) is 0.385. The van der Waals surface area contributed by atoms with Crippen molar-refractivity contribution < 1.29 is 14.3 Å². The van der Waals surface area contributed by atoms with Crippen LogP contribution in [0.2, 0.25) is 5.02 Å². The molecule has 35 heavy (non-hydrogen) atoms. The van der Waals surface area contributed by atoms with E-state index in [1.165, 1.54) is 0 Å². The van der Waals surface area contributed by atoms with Gasteiger partial charge in [-0.2, -0.15) is 5.10 Å². The van der Waals surface area contributed by atoms with Crippen molar-refractivity contribution >= 4 is 35.6 Å². The van der Waals surface area contributed by atoms with Crippen LogP contribution < -0.4 is 20.1 Å². The number of halogens is 2. The molecule has 1 amide bonds. The van der Waals surface area contributed by atoms with Gasteiger partial charge in [0.2, 0.25) is 0 Å². The van der Waals surface area contributed by atoms with Crippen molar-refractivity contribution in [2.75, 3.05) is 31.6 Å². The Bertz CT molecular complexity index is 1160. The molecule has 0 bridgehead atoms. The van der Waals surface area contributed by atoms with Crippen molar-refractivity contribution in [2.24, 2.45) is 0 Å². The summed E-state index contributed by atoms with van der Waals surface area (Å²) < 4.78 is 13.2. The van der Waals surface area contributed by atoms with Gasteiger partial charge in [-0.25, -0.2) is 4.68 Å². The maximum absolute atomic E-state index is 13.6. The summed E-state index contributed by atoms with van der Waals surface area (Å²) in [4.78, 5) is 13.6. The number of hydrogen-bond donors (Lipinski definition) is 2. The molecule has 0 radical (unpaired) electrons. The first kappa shape index (κ1) is 26.9. The fourth-order valence-corrected chi connectivity index (χ4v) is 4.45. The number of benzene rings is 2. The lowest BCUT2D eigenvalue weighted by Gasteiger charge is -2.25. The van der Waals surface area contributed by atoms with Crippen LogP contribution in [0.4, 0.5) is 5.69 Å². The quantitative estimate of drug-likeness (QED) is 0.395. The molecule has 0 unspecified atom stereocenters. The molecule has 1 aromatic heterocycles. The second-order valence-electron chi connectivity index (χ2n) is 8.29. The highest BCUT2D eigenvalue weighted by molar-refractivity contribution is 6.31. The zero-order valence-corrected chi connectivity index (χ0v) is 21.8. The first-order valence-electron chi connectivity index (χ1n) is 11.8. The molecule has 2 heterocycles. The Morgan fingerprint density at radius 1 is 1.14 bits per heavy atom. The molecule has 2 N–H and O–H groups in total. The van der Waals surface area contributed by atoms with Crippen LogP contribution in [-0.4, -0.2) is 42.0 Å². The van der Waals surface area contributed by atoms with Crippen LogP contribution in [0.3, 0.4) is 0 Å². The predicted molar refractivity (Wildman–Crippen MR) is 142 cm³/mol. The number of rotatable bonds is 8. The number of amides is 1. The van der Waals surface area contributed by atoms with Gasteiger partial charge in [0.15, 0.2) is 0 Å². The fourth-order valence-electron chi connectivity index (χ4n) is 4.27. The number of anilines is 1. The molecule has 0 spiro atoms. The summed E-state index contributed by atoms with van der Waals surface area (Å²) in [6, 6.07) is 11.3. The number of nitrogens with zero attached hydrogens (tertiary/aromatic N) is 2. The number of ether oxygens (including phenoxy) is 2. The molecule has 9 heteroatoms. The number of aromatic nitrogens is 2. The Balaban J connectivity index is 0.00000342. The summed E-state index contributed by atoms with van der Waals surface area (Å²) in [6.45, 7) is 8.62. The molecule has 2 aromatic carbocycles. The smallest absolute Gasteiger partial charge is 0.259 e. The molecule has 1 saturated heterocycles. The van der Waals surface area contributed by atoms with Crippen LogP contribution in [0.15, 0.2) is 42.6 Å². The highest BCUT2D eigenvalue weighted by Crippen LogP contribution is 2.34. The Labute approximate surface area is 217 Å². The van der Waals surface area contributed by atoms with Gasteiger partial charge >= 0.3 is 0 Å². The Morgan fingerprint density at radius 3 is 2.57 bits per heavy atom. The molecule has 3 aromatic rings. The molecule has 4 rings (SSSR count). The van der Waals surface area contributed by atoms with Crippen LogP contribution in [-0.2, 0) is 0 Å². The first-order chi connectivity index (χ1) is 16.5. The molecule has 1 fully saturated rings. The van der Waals surface area contributed by atoms with E-state index in [-0.39, 0.29) is 24.2 Å². The minimum atomic E-state index is -0.229. The van der Waals surface area contributed by atoms with E-state index in [9.17, 15) is 4.79 Å². The van der Waals surface area contributed by atoms with Gasteiger partial charge in [0.05, 0.1) is 42.0 Å². The third-order valence-corrected chi connectivity index (χ3v) is 6.39. The van der Waals surface area contributed by atoms with E-state index in [4.69, 9.17) is 21.1 Å². The lowest BCUT2D eigenvalue weighted by atomic mass is 9.91. The predicted octanol–water partition coefficient (Wildman–Crippen LogP) is 5.77. The molecule has 0 aliphatic carbocycles. The van der Waals surface area contributed by atoms with Gasteiger partial charge in [0.25, 0.3) is 5.91 Å². The van der Waals surface area contributed by atoms with Crippen LogP contribution in [0.25, 0.3) is 5.69 Å². The molecule has 1 aliphatic heterocycles. The van der Waals surface area contributed by atoms with Crippen molar-refractivity contribution in [2.45, 2.75) is 39.5 Å². The Morgan fingerprint density at radius 2 is 1.89 bits per heavy atom. The highest BCUT2D eigenvalue weighted by atomic mass is 35.5. The van der Waals surface area contributed by atoms with Crippen LogP contribution in [0.1, 0.15) is 54.2 Å². The van der Waals surface area contributed by atoms with E-state index in [1.54, 1.807) is 12.3 Å². The molecule has 1 aliphatic rings. The topological polar surface area (TPSA) is 77.4 Å². The number of carbonyl (C=O) groups is 1. The summed E-state index contributed by atoms with van der Waals surface area (Å²) in [5, 5.41) is 11.7. The van der Waals surface area contributed by atoms with Crippen molar-refractivity contribution in [1.29, 1.82) is 0 Å². The maximum atomic E-state index is 13.6. The monoisotopic (exact) mass is 518 g/mol. The van der Waals surface area contributed by atoms with E-state index in [0.717, 1.165) is 42.9 Å². The molecule has 0 saturated carbocycles. The molecule has 7 nitrogen and oxygen atoms in total. The van der Waals surface area contributed by atoms with Crippen molar-refractivity contribution in [3.8, 4) is 17.2 Å². The van der Waals surface area contributed by atoms with Crippen molar-refractivity contribution in [3.63, 3.8) is 0 Å². The second kappa shape index (κ2) is 12.3. The van der Waals surface area contributed by atoms with Crippen LogP contribution in [0.5, 0.6) is 11.5 Å². The Kier molecular flexibility index (Phi) is 9.43. The summed E-state index contributed by atoms with van der Waals surface area (Å²) >= 11 is 6.41. The van der Waals surface area contributed by atoms with E-state index in [2.05, 4.69) is 15.7 Å². The van der Waals surface area contributed by atoms with Gasteiger partial charge < -0.3 is 20.1 Å². The molecular weight excluding hydrogens is 487 g/mol. The average Bonchev–Trinajstić information content (AvgIpc) is 3.29. The zero-order chi connectivity index (χ0) is 24.1. The largest absolute Gasteiger partial charge is 0.494 e. The van der Waals surface area contributed by atoms with Gasteiger partial charge in [-0.1, -0.05) is 17.7 Å². The number of nitrogens with one attached hydrogen (secondary N) is 2. The average molecular weight is 519 g/mol. The van der Waals surface area contributed by atoms with E-state index in [1.807, 2.05) is 55.8 Å². The standard InChI is InChI=1S/C26H31ClN4O3.ClH/c1-4-33-20-8-9-24(34-5-2)23(15-20)30-26(32)21-16-29-31(19-7-6-17(3)22(27)14-19)25(21)18-10-12-28-13-11-18;/h6-9,14-16,18,28H,4-5,10-13H2,1-3H3,(H,30,32);1H. The third kappa shape index (κ3) is 6.10. The van der Waals surface area contributed by atoms with Crippen molar-refractivity contribution in [1.82, 2.24) is 15.1 Å². The minimum Gasteiger partial charge on any atom is -0.494 e. The minimum absolute atomic E-state index is 0. The second-order valence-corrected chi connectivity index (χ2v) is 8.70. The highest BCUT2D eigenvalue weighted by Gasteiger charge is 2.27. The normalized spacial score (nSPS) is 13.7. The van der Waals surface area contributed by atoms with E-state index in [0.29, 0.717) is 41.0 Å². The maximum Gasteiger partial charge on any atom is 0.259 e. The summed E-state index contributed by atoms with van der Waals surface area (Å²) in [5.74, 6) is 1.24. The van der Waals surface area contributed by atoms with Crippen LogP contribution >= 0.6 is 24.0 Å². The number of aryl methyl sites for hydroxylation is 1. The SMILES string of the molecule is CCOc1ccc(OCC)c(NC(=O)c2cnn(-c3ccc(C)c(Cl)c3)c2C2CCNCC2)c1.Cl. The molecular formula is C26H32Cl2N4O3. The number of piperidine rings is 1. The summed E-state index contributed by atoms with van der Waals surface area (Å²) in [6.07, 6.45) is 3.50. The van der Waals surface area contributed by atoms with Gasteiger partial charge in [-0.05, 0) is 76.5 Å². The van der Waals surface area contributed by atoms with Gasteiger partial charge in [-0.15, -0.1) is 12.4 Å². The third-order valence-electron chi connectivity index (χ3n) is 5.99. The van der Waals surface area contributed by atoms with E-state index < -0.39 is 0 Å². The van der Waals surface area contributed by atoms with Gasteiger partial charge in [0.1, 0.15) is 11.5 Å². The lowest BCUT2D eigenvalue weighted by Crippen LogP contribution is -2.29. The molecule has 0 atom stereocenters. The van der Waals surface area contributed by atoms with Gasteiger partial charge in [-0.3, -0.25) is 4.79 Å². The van der Waals surface area contributed by atoms with Gasteiger partial charge in [0, 0.05) is 17.0 Å². The van der Waals surface area contributed by atoms with Crippen LogP contribution in [0, 0.1) is 6.92 Å². The van der Waals surface area contributed by atoms with E-state index >= 15 is 0 Å². The van der Waals surface area contributed by atoms with Crippen molar-refractivity contribution in [3.05, 3.63) is 64.4 Å². The number of hydrogen-bond acceptors (Lipinski definition) is 5.